The smallest absolute Gasteiger partial charge is 0.257 e. The third-order valence-corrected chi connectivity index (χ3v) is 6.97. The lowest BCUT2D eigenvalue weighted by molar-refractivity contribution is -0.127. The number of methoxy groups -OCH3 is 1. The van der Waals surface area contributed by atoms with Gasteiger partial charge in [0.05, 0.1) is 23.1 Å². The molecule has 1 N–H and O–H groups in total. The van der Waals surface area contributed by atoms with Gasteiger partial charge in [0.15, 0.2) is 5.13 Å². The van der Waals surface area contributed by atoms with E-state index in [0.717, 1.165) is 19.8 Å². The molecule has 2 heterocycles. The number of aromatic nitrogens is 1. The van der Waals surface area contributed by atoms with Gasteiger partial charge in [-0.25, -0.2) is 4.98 Å². The number of thiazole rings is 1. The molecule has 0 aliphatic carbocycles. The summed E-state index contributed by atoms with van der Waals surface area (Å²) in [4.78, 5) is 33.7. The highest BCUT2D eigenvalue weighted by Gasteiger charge is 2.26. The van der Waals surface area contributed by atoms with Crippen LogP contribution in [0, 0.1) is 6.92 Å². The molecular weight excluding hydrogens is 408 g/mol. The number of hydrogen-bond donors (Lipinski definition) is 1. The van der Waals surface area contributed by atoms with Crippen LogP contribution in [-0.4, -0.2) is 66.9 Å². The van der Waals surface area contributed by atoms with E-state index in [1.165, 1.54) is 6.08 Å². The van der Waals surface area contributed by atoms with Crippen molar-refractivity contribution in [3.8, 4) is 5.75 Å². The van der Waals surface area contributed by atoms with Crippen LogP contribution in [0.25, 0.3) is 0 Å². The summed E-state index contributed by atoms with van der Waals surface area (Å²) in [6, 6.07) is 3.79. The lowest BCUT2D eigenvalue weighted by Gasteiger charge is -2.34. The molecule has 0 atom stereocenters. The van der Waals surface area contributed by atoms with Crippen LogP contribution in [0.5, 0.6) is 5.75 Å². The van der Waals surface area contributed by atoms with E-state index < -0.39 is 0 Å². The van der Waals surface area contributed by atoms with Crippen molar-refractivity contribution in [2.45, 2.75) is 16.0 Å². The molecule has 0 saturated carbocycles. The molecule has 0 spiro atoms. The third kappa shape index (κ3) is 4.73. The van der Waals surface area contributed by atoms with Crippen molar-refractivity contribution in [3.63, 3.8) is 0 Å². The third-order valence-electron chi connectivity index (χ3n) is 4.69. The van der Waals surface area contributed by atoms with Gasteiger partial charge in [0.1, 0.15) is 5.75 Å². The quantitative estimate of drug-likeness (QED) is 0.707. The highest BCUT2D eigenvalue weighted by Crippen LogP contribution is 2.38. The van der Waals surface area contributed by atoms with Crippen molar-refractivity contribution in [1.29, 1.82) is 0 Å². The van der Waals surface area contributed by atoms with Gasteiger partial charge in [0, 0.05) is 38.1 Å². The number of nitrogens with zero attached hydrogens (tertiary/aromatic N) is 3. The fourth-order valence-electron chi connectivity index (χ4n) is 3.07. The molecule has 29 heavy (non-hydrogen) atoms. The first-order valence-electron chi connectivity index (χ1n) is 9.17. The summed E-state index contributed by atoms with van der Waals surface area (Å²) in [5.41, 5.74) is 1.56. The molecule has 9 heteroatoms. The Morgan fingerprint density at radius 2 is 1.97 bits per heavy atom. The summed E-state index contributed by atoms with van der Waals surface area (Å²) in [5, 5.41) is 3.88. The van der Waals surface area contributed by atoms with Gasteiger partial charge in [-0.2, -0.15) is 0 Å². The first kappa shape index (κ1) is 21.2. The van der Waals surface area contributed by atoms with Gasteiger partial charge in [-0.15, -0.1) is 0 Å². The summed E-state index contributed by atoms with van der Waals surface area (Å²) < 4.78 is 6.53. The highest BCUT2D eigenvalue weighted by molar-refractivity contribution is 8.01. The zero-order valence-corrected chi connectivity index (χ0v) is 18.4. The molecule has 7 nitrogen and oxygen atoms in total. The number of aryl methyl sites for hydroxylation is 1. The first-order chi connectivity index (χ1) is 14.0. The summed E-state index contributed by atoms with van der Waals surface area (Å²) in [6.07, 6.45) is 3.13. The van der Waals surface area contributed by atoms with Gasteiger partial charge in [-0.1, -0.05) is 29.7 Å². The predicted octanol–water partition coefficient (Wildman–Crippen LogP) is 3.12. The van der Waals surface area contributed by atoms with Crippen molar-refractivity contribution in [2.24, 2.45) is 0 Å². The number of benzene rings is 1. The molecular formula is C20H24N4O3S2. The lowest BCUT2D eigenvalue weighted by atomic mass is 10.1. The normalized spacial score (nSPS) is 13.9. The van der Waals surface area contributed by atoms with Crippen LogP contribution in [0.2, 0.25) is 0 Å². The topological polar surface area (TPSA) is 74.8 Å². The monoisotopic (exact) mass is 432 g/mol. The van der Waals surface area contributed by atoms with E-state index in [2.05, 4.69) is 16.9 Å². The molecule has 3 rings (SSSR count). The highest BCUT2D eigenvalue weighted by atomic mass is 32.2. The van der Waals surface area contributed by atoms with Crippen molar-refractivity contribution in [1.82, 2.24) is 14.8 Å². The van der Waals surface area contributed by atoms with Gasteiger partial charge >= 0.3 is 0 Å². The fraction of sp³-hybridized carbons (Fsp3) is 0.350. The Bertz CT molecular complexity index is 920. The number of amides is 2. The summed E-state index contributed by atoms with van der Waals surface area (Å²) in [6.45, 7) is 7.49. The van der Waals surface area contributed by atoms with Crippen LogP contribution in [0.4, 0.5) is 5.13 Å². The number of piperazine rings is 1. The maximum Gasteiger partial charge on any atom is 0.257 e. The number of rotatable bonds is 6. The minimum Gasteiger partial charge on any atom is -0.496 e. The van der Waals surface area contributed by atoms with Gasteiger partial charge in [0.2, 0.25) is 5.91 Å². The molecule has 0 unspecified atom stereocenters. The molecule has 154 valence electrons. The maximum atomic E-state index is 13.2. The largest absolute Gasteiger partial charge is 0.496 e. The van der Waals surface area contributed by atoms with Crippen molar-refractivity contribution < 1.29 is 14.3 Å². The van der Waals surface area contributed by atoms with Crippen molar-refractivity contribution in [3.05, 3.63) is 42.1 Å². The van der Waals surface area contributed by atoms with Crippen molar-refractivity contribution in [2.75, 3.05) is 45.7 Å². The summed E-state index contributed by atoms with van der Waals surface area (Å²) in [7, 11) is 3.41. The Hall–Kier alpha value is -2.52. The molecule has 1 aromatic carbocycles. The van der Waals surface area contributed by atoms with Gasteiger partial charge in [-0.05, 0) is 30.7 Å². The number of hydrogen-bond acceptors (Lipinski definition) is 7. The Morgan fingerprint density at radius 3 is 2.55 bits per heavy atom. The minimum atomic E-state index is -0.103. The van der Waals surface area contributed by atoms with E-state index in [4.69, 9.17) is 4.74 Å². The Labute approximate surface area is 178 Å². The summed E-state index contributed by atoms with van der Waals surface area (Å²) in [5.74, 6) is 0.366. The molecule has 1 saturated heterocycles. The molecule has 1 aliphatic rings. The van der Waals surface area contributed by atoms with Crippen LogP contribution in [0.15, 0.2) is 40.1 Å². The fourth-order valence-corrected chi connectivity index (χ4v) is 4.96. The second-order valence-corrected chi connectivity index (χ2v) is 8.85. The number of nitrogens with one attached hydrogen (secondary N) is 1. The molecule has 0 bridgehead atoms. The van der Waals surface area contributed by atoms with Crippen LogP contribution >= 0.6 is 23.1 Å². The maximum absolute atomic E-state index is 13.2. The van der Waals surface area contributed by atoms with E-state index in [-0.39, 0.29) is 11.8 Å². The second kappa shape index (κ2) is 9.32. The number of ether oxygens (including phenoxy) is 1. The average Bonchev–Trinajstić information content (AvgIpc) is 3.21. The van der Waals surface area contributed by atoms with E-state index in [1.807, 2.05) is 32.3 Å². The molecule has 0 radical (unpaired) electrons. The van der Waals surface area contributed by atoms with E-state index in [1.54, 1.807) is 40.0 Å². The average molecular weight is 433 g/mol. The molecule has 1 aromatic heterocycles. The summed E-state index contributed by atoms with van der Waals surface area (Å²) >= 11 is 3.14. The van der Waals surface area contributed by atoms with Crippen LogP contribution < -0.4 is 10.1 Å². The SMILES string of the molecule is C=CC(=O)N1CCN(C(=O)c2cc(Sc3cnc(NC)s3)c(C)cc2OC)CC1. The van der Waals surface area contributed by atoms with Crippen LogP contribution in [0.1, 0.15) is 15.9 Å². The Morgan fingerprint density at radius 1 is 1.28 bits per heavy atom. The second-order valence-electron chi connectivity index (χ2n) is 6.48. The van der Waals surface area contributed by atoms with E-state index in [9.17, 15) is 9.59 Å². The lowest BCUT2D eigenvalue weighted by Crippen LogP contribution is -2.50. The zero-order valence-electron chi connectivity index (χ0n) is 16.7. The predicted molar refractivity (Wildman–Crippen MR) is 116 cm³/mol. The zero-order chi connectivity index (χ0) is 21.0. The molecule has 2 amide bonds. The van der Waals surface area contributed by atoms with E-state index >= 15 is 0 Å². The molecule has 1 aliphatic heterocycles. The van der Waals surface area contributed by atoms with Gasteiger partial charge in [0.25, 0.3) is 5.91 Å². The number of carbonyl (C=O) groups excluding carboxylic acids is 2. The van der Waals surface area contributed by atoms with Crippen LogP contribution in [-0.2, 0) is 4.79 Å². The molecule has 2 aromatic rings. The van der Waals surface area contributed by atoms with Gasteiger partial charge < -0.3 is 19.9 Å². The first-order valence-corrected chi connectivity index (χ1v) is 10.8. The van der Waals surface area contributed by atoms with Crippen LogP contribution in [0.3, 0.4) is 0 Å². The number of anilines is 1. The Kier molecular flexibility index (Phi) is 6.81. The van der Waals surface area contributed by atoms with E-state index in [0.29, 0.717) is 37.5 Å². The number of carbonyl (C=O) groups is 2. The Balaban J connectivity index is 1.81. The minimum absolute atomic E-state index is 0.0883. The standard InChI is InChI=1S/C20H24N4O3S2/c1-5-17(25)23-6-8-24(9-7-23)19(26)14-11-16(13(2)10-15(14)27-4)28-18-12-22-20(21-3)29-18/h5,10-12H,1,6-9H2,2-4H3,(H,21,22). The molecule has 1 fully saturated rings. The van der Waals surface area contributed by atoms with Crippen molar-refractivity contribution >= 4 is 40.0 Å². The van der Waals surface area contributed by atoms with Gasteiger partial charge in [-0.3, -0.25) is 9.59 Å².